The number of aliphatic hydroxyl groups excluding tert-OH is 7. The summed E-state index contributed by atoms with van der Waals surface area (Å²) in [7, 11) is 0. The van der Waals surface area contributed by atoms with Gasteiger partial charge >= 0.3 is 5.97 Å². The monoisotopic (exact) mass is 488 g/mol. The number of phenolic OH excluding ortho intramolecular Hbond substituents is 1. The van der Waals surface area contributed by atoms with Crippen LogP contribution in [0.3, 0.4) is 0 Å². The maximum atomic E-state index is 12.0. The van der Waals surface area contributed by atoms with Gasteiger partial charge in [0.05, 0.1) is 6.61 Å². The van der Waals surface area contributed by atoms with E-state index in [1.54, 1.807) is 12.1 Å². The van der Waals surface area contributed by atoms with Crippen LogP contribution in [0.4, 0.5) is 0 Å². The number of carbonyl (C=O) groups is 1. The number of rotatable bonds is 8. The predicted octanol–water partition coefficient (Wildman–Crippen LogP) is -3.43. The maximum absolute atomic E-state index is 12.0. The number of benzene rings is 1. The summed E-state index contributed by atoms with van der Waals surface area (Å²) < 4.78 is 21.0. The van der Waals surface area contributed by atoms with Gasteiger partial charge in [-0.1, -0.05) is 12.1 Å². The Hall–Kier alpha value is -2.17. The first-order chi connectivity index (χ1) is 16.1. The normalized spacial score (nSPS) is 38.3. The zero-order chi connectivity index (χ0) is 25.0. The van der Waals surface area contributed by atoms with Crippen molar-refractivity contribution in [1.29, 1.82) is 0 Å². The molecule has 2 heterocycles. The summed E-state index contributed by atoms with van der Waals surface area (Å²) in [5.41, 5.74) is 0.606. The molecule has 3 rings (SSSR count). The fraction of sp³-hybridized carbons (Fsp3) is 0.571. The fourth-order valence-corrected chi connectivity index (χ4v) is 3.58. The molecule has 2 aliphatic rings. The summed E-state index contributed by atoms with van der Waals surface area (Å²) in [6.45, 7) is -2.32. The van der Waals surface area contributed by atoms with E-state index in [4.69, 9.17) is 18.9 Å². The molecule has 0 radical (unpaired) electrons. The van der Waals surface area contributed by atoms with E-state index in [0.717, 1.165) is 6.08 Å². The van der Waals surface area contributed by atoms with Gasteiger partial charge in [-0.25, -0.2) is 4.79 Å². The number of phenols is 1. The molecule has 190 valence electrons. The molecule has 0 amide bonds. The topological polar surface area (TPSA) is 216 Å². The van der Waals surface area contributed by atoms with Gasteiger partial charge in [-0.3, -0.25) is 0 Å². The minimum atomic E-state index is -2.34. The maximum Gasteiger partial charge on any atom is 0.330 e. The van der Waals surface area contributed by atoms with Crippen LogP contribution in [0.1, 0.15) is 5.56 Å². The lowest BCUT2D eigenvalue weighted by Gasteiger charge is -2.43. The summed E-state index contributed by atoms with van der Waals surface area (Å²) in [6, 6.07) is 5.98. The van der Waals surface area contributed by atoms with E-state index >= 15 is 0 Å². The highest BCUT2D eigenvalue weighted by molar-refractivity contribution is 5.87. The molecule has 13 nitrogen and oxygen atoms in total. The van der Waals surface area contributed by atoms with Crippen LogP contribution in [-0.4, -0.2) is 121 Å². The third kappa shape index (κ3) is 5.55. The van der Waals surface area contributed by atoms with Crippen LogP contribution in [0.2, 0.25) is 0 Å². The zero-order valence-electron chi connectivity index (χ0n) is 17.8. The van der Waals surface area contributed by atoms with E-state index in [2.05, 4.69) is 0 Å². The van der Waals surface area contributed by atoms with Gasteiger partial charge in [-0.2, -0.15) is 0 Å². The second kappa shape index (κ2) is 11.0. The molecule has 2 saturated heterocycles. The molecule has 0 saturated carbocycles. The second-order valence-electron chi connectivity index (χ2n) is 7.93. The van der Waals surface area contributed by atoms with Crippen LogP contribution in [0.25, 0.3) is 6.08 Å². The Morgan fingerprint density at radius 1 is 0.971 bits per heavy atom. The molecule has 13 heteroatoms. The number of hydrogen-bond donors (Lipinski definition) is 8. The second-order valence-corrected chi connectivity index (χ2v) is 7.93. The van der Waals surface area contributed by atoms with Crippen LogP contribution in [0, 0.1) is 0 Å². The predicted molar refractivity (Wildman–Crippen MR) is 110 cm³/mol. The van der Waals surface area contributed by atoms with Gasteiger partial charge in [0.2, 0.25) is 5.79 Å². The Morgan fingerprint density at radius 3 is 2.26 bits per heavy atom. The molecule has 2 fully saturated rings. The molecule has 9 atom stereocenters. The summed E-state index contributed by atoms with van der Waals surface area (Å²) in [5, 5.41) is 79.0. The minimum absolute atomic E-state index is 0.0592. The Balaban J connectivity index is 1.62. The highest BCUT2D eigenvalue weighted by Crippen LogP contribution is 2.36. The number of aromatic hydroxyl groups is 1. The Bertz CT molecular complexity index is 844. The lowest BCUT2D eigenvalue weighted by molar-refractivity contribution is -0.383. The van der Waals surface area contributed by atoms with Gasteiger partial charge in [-0.05, 0) is 23.8 Å². The molecule has 0 spiro atoms. The standard InChI is InChI=1S/C21H28O13/c22-7-12-15(26)17(28)18(29)20(32-12)34-21(9-23)19(30)16(27)13(33-21)8-31-14(25)6-3-10-1-4-11(24)5-2-10/h1-6,12-13,15-20,22-24,26-30H,7-9H2/t12-,13-,15-,16-,17+,18-,19+,20-,21+/m1/s1. The molecule has 0 unspecified atom stereocenters. The lowest BCUT2D eigenvalue weighted by Crippen LogP contribution is -2.62. The summed E-state index contributed by atoms with van der Waals surface area (Å²) >= 11 is 0. The Morgan fingerprint density at radius 2 is 1.65 bits per heavy atom. The minimum Gasteiger partial charge on any atom is -0.508 e. The van der Waals surface area contributed by atoms with Gasteiger partial charge < -0.3 is 59.8 Å². The van der Waals surface area contributed by atoms with Crippen LogP contribution in [-0.2, 0) is 23.7 Å². The van der Waals surface area contributed by atoms with Crippen molar-refractivity contribution >= 4 is 12.0 Å². The van der Waals surface area contributed by atoms with E-state index in [0.29, 0.717) is 5.56 Å². The van der Waals surface area contributed by atoms with Gasteiger partial charge in [0.1, 0.15) is 61.7 Å². The van der Waals surface area contributed by atoms with E-state index in [1.165, 1.54) is 18.2 Å². The van der Waals surface area contributed by atoms with Crippen LogP contribution in [0.15, 0.2) is 30.3 Å². The van der Waals surface area contributed by atoms with E-state index in [1.807, 2.05) is 0 Å². The molecular weight excluding hydrogens is 460 g/mol. The van der Waals surface area contributed by atoms with E-state index in [9.17, 15) is 45.6 Å². The largest absolute Gasteiger partial charge is 0.508 e. The molecule has 0 aromatic heterocycles. The highest BCUT2D eigenvalue weighted by atomic mass is 16.8. The van der Waals surface area contributed by atoms with Crippen LogP contribution >= 0.6 is 0 Å². The third-order valence-corrected chi connectivity index (χ3v) is 5.59. The van der Waals surface area contributed by atoms with Crippen molar-refractivity contribution < 1.29 is 64.6 Å². The zero-order valence-corrected chi connectivity index (χ0v) is 17.8. The third-order valence-electron chi connectivity index (χ3n) is 5.59. The molecule has 0 aliphatic carbocycles. The molecule has 1 aromatic rings. The first kappa shape index (κ1) is 26.4. The lowest BCUT2D eigenvalue weighted by atomic mass is 9.99. The number of ether oxygens (including phenoxy) is 4. The average Bonchev–Trinajstić information content (AvgIpc) is 3.07. The summed E-state index contributed by atoms with van der Waals surface area (Å²) in [4.78, 5) is 12.0. The van der Waals surface area contributed by atoms with Crippen molar-refractivity contribution in [3.63, 3.8) is 0 Å². The van der Waals surface area contributed by atoms with Crippen molar-refractivity contribution in [2.24, 2.45) is 0 Å². The molecule has 8 N–H and O–H groups in total. The van der Waals surface area contributed by atoms with Crippen molar-refractivity contribution in [2.75, 3.05) is 19.8 Å². The average molecular weight is 488 g/mol. The molecular formula is C21H28O13. The van der Waals surface area contributed by atoms with Crippen molar-refractivity contribution in [3.8, 4) is 5.75 Å². The molecule has 1 aromatic carbocycles. The van der Waals surface area contributed by atoms with Gasteiger partial charge in [0.25, 0.3) is 0 Å². The van der Waals surface area contributed by atoms with Crippen molar-refractivity contribution in [2.45, 2.75) is 54.8 Å². The Kier molecular flexibility index (Phi) is 8.59. The fourth-order valence-electron chi connectivity index (χ4n) is 3.58. The van der Waals surface area contributed by atoms with Crippen LogP contribution < -0.4 is 0 Å². The SMILES string of the molecule is O=C(C=Cc1ccc(O)cc1)OC[C@H]1O[C@@](CO)(O[C@H]2O[C@H](CO)[C@@H](O)[C@H](O)[C@H]2O)[C@@H](O)[C@@H]1O. The van der Waals surface area contributed by atoms with Crippen LogP contribution in [0.5, 0.6) is 5.75 Å². The first-order valence-electron chi connectivity index (χ1n) is 10.4. The number of hydrogen-bond acceptors (Lipinski definition) is 13. The number of carbonyl (C=O) groups excluding carboxylic acids is 1. The molecule has 2 aliphatic heterocycles. The number of esters is 1. The van der Waals surface area contributed by atoms with Crippen molar-refractivity contribution in [1.82, 2.24) is 0 Å². The highest BCUT2D eigenvalue weighted by Gasteiger charge is 2.58. The van der Waals surface area contributed by atoms with E-state index in [-0.39, 0.29) is 5.75 Å². The van der Waals surface area contributed by atoms with Crippen molar-refractivity contribution in [3.05, 3.63) is 35.9 Å². The smallest absolute Gasteiger partial charge is 0.330 e. The summed E-state index contributed by atoms with van der Waals surface area (Å²) in [6.07, 6.45) is -10.8. The van der Waals surface area contributed by atoms with Gasteiger partial charge in [0, 0.05) is 6.08 Å². The number of aliphatic hydroxyl groups is 7. The molecule has 0 bridgehead atoms. The molecule has 34 heavy (non-hydrogen) atoms. The van der Waals surface area contributed by atoms with Gasteiger partial charge in [0.15, 0.2) is 6.29 Å². The quantitative estimate of drug-likeness (QED) is 0.132. The van der Waals surface area contributed by atoms with E-state index < -0.39 is 80.6 Å². The summed E-state index contributed by atoms with van der Waals surface area (Å²) in [5.74, 6) is -3.09. The Labute approximate surface area is 193 Å². The van der Waals surface area contributed by atoms with Gasteiger partial charge in [-0.15, -0.1) is 0 Å². The first-order valence-corrected chi connectivity index (χ1v) is 10.4.